The molecule has 0 spiro atoms. The molecule has 1 saturated heterocycles. The maximum absolute atomic E-state index is 12.8. The number of halogens is 1. The predicted octanol–water partition coefficient (Wildman–Crippen LogP) is 2.59. The van der Waals surface area contributed by atoms with Crippen LogP contribution in [0.25, 0.3) is 0 Å². The second-order valence-electron chi connectivity index (χ2n) is 6.08. The molecule has 1 aliphatic heterocycles. The standard InChI is InChI=1S/C14H27FN2/c1-4-14(5-2)11-17(9-8-15)13(3,10-16-14)12-6-7-12/h12,16H,4-11H2,1-3H3. The summed E-state index contributed by atoms with van der Waals surface area (Å²) in [5.74, 6) is 0.785. The average molecular weight is 242 g/mol. The Morgan fingerprint density at radius 2 is 1.94 bits per heavy atom. The van der Waals surface area contributed by atoms with E-state index in [4.69, 9.17) is 0 Å². The maximum Gasteiger partial charge on any atom is 0.102 e. The van der Waals surface area contributed by atoms with Gasteiger partial charge in [-0.2, -0.15) is 0 Å². The van der Waals surface area contributed by atoms with E-state index in [-0.39, 0.29) is 17.8 Å². The van der Waals surface area contributed by atoms with Gasteiger partial charge >= 0.3 is 0 Å². The quantitative estimate of drug-likeness (QED) is 0.797. The Morgan fingerprint density at radius 1 is 1.29 bits per heavy atom. The minimum Gasteiger partial charge on any atom is -0.308 e. The highest BCUT2D eigenvalue weighted by Crippen LogP contribution is 2.45. The zero-order valence-electron chi connectivity index (χ0n) is 11.6. The molecule has 3 heteroatoms. The molecular formula is C14H27FN2. The van der Waals surface area contributed by atoms with E-state index < -0.39 is 0 Å². The van der Waals surface area contributed by atoms with Crippen LogP contribution in [0.4, 0.5) is 4.39 Å². The predicted molar refractivity (Wildman–Crippen MR) is 70.0 cm³/mol. The van der Waals surface area contributed by atoms with E-state index in [9.17, 15) is 4.39 Å². The molecule has 1 saturated carbocycles. The molecule has 2 rings (SSSR count). The number of hydrogen-bond donors (Lipinski definition) is 1. The molecule has 1 heterocycles. The number of nitrogens with zero attached hydrogens (tertiary/aromatic N) is 1. The van der Waals surface area contributed by atoms with Gasteiger partial charge in [0.25, 0.3) is 0 Å². The molecule has 0 radical (unpaired) electrons. The van der Waals surface area contributed by atoms with E-state index in [1.165, 1.54) is 12.8 Å². The van der Waals surface area contributed by atoms with Crippen molar-refractivity contribution in [2.24, 2.45) is 5.92 Å². The summed E-state index contributed by atoms with van der Waals surface area (Å²) in [5.41, 5.74) is 0.406. The molecule has 0 bridgehead atoms. The van der Waals surface area contributed by atoms with Crippen molar-refractivity contribution in [2.45, 2.75) is 57.5 Å². The number of alkyl halides is 1. The summed E-state index contributed by atoms with van der Waals surface area (Å²) in [5, 5.41) is 3.77. The van der Waals surface area contributed by atoms with Crippen molar-refractivity contribution in [2.75, 3.05) is 26.3 Å². The maximum atomic E-state index is 12.8. The second-order valence-corrected chi connectivity index (χ2v) is 6.08. The summed E-state index contributed by atoms with van der Waals surface area (Å²) in [7, 11) is 0. The number of piperazine rings is 1. The van der Waals surface area contributed by atoms with Crippen LogP contribution < -0.4 is 5.32 Å². The Labute approximate surface area is 105 Å². The number of rotatable bonds is 5. The van der Waals surface area contributed by atoms with Crippen molar-refractivity contribution in [3.8, 4) is 0 Å². The fourth-order valence-electron chi connectivity index (χ4n) is 3.35. The molecule has 1 unspecified atom stereocenters. The van der Waals surface area contributed by atoms with E-state index in [1.54, 1.807) is 0 Å². The third-order valence-electron chi connectivity index (χ3n) is 5.20. The lowest BCUT2D eigenvalue weighted by molar-refractivity contribution is -0.00543. The van der Waals surface area contributed by atoms with E-state index in [0.29, 0.717) is 6.54 Å². The first-order chi connectivity index (χ1) is 8.10. The molecule has 17 heavy (non-hydrogen) atoms. The Hall–Kier alpha value is -0.150. The van der Waals surface area contributed by atoms with Gasteiger partial charge in [0.15, 0.2) is 0 Å². The van der Waals surface area contributed by atoms with E-state index in [0.717, 1.165) is 31.8 Å². The van der Waals surface area contributed by atoms with Crippen LogP contribution in [0, 0.1) is 5.92 Å². The highest BCUT2D eigenvalue weighted by molar-refractivity contribution is 5.08. The van der Waals surface area contributed by atoms with Crippen LogP contribution in [-0.2, 0) is 0 Å². The average Bonchev–Trinajstić information content (AvgIpc) is 3.17. The van der Waals surface area contributed by atoms with Gasteiger partial charge in [-0.1, -0.05) is 13.8 Å². The molecule has 0 aromatic rings. The van der Waals surface area contributed by atoms with Gasteiger partial charge < -0.3 is 5.32 Å². The summed E-state index contributed by atoms with van der Waals surface area (Å²) < 4.78 is 12.8. The Kier molecular flexibility index (Phi) is 3.79. The first-order valence-corrected chi connectivity index (χ1v) is 7.16. The van der Waals surface area contributed by atoms with Crippen LogP contribution in [0.5, 0.6) is 0 Å². The van der Waals surface area contributed by atoms with E-state index in [1.807, 2.05) is 0 Å². The van der Waals surface area contributed by atoms with Gasteiger partial charge in [-0.05, 0) is 38.5 Å². The van der Waals surface area contributed by atoms with Crippen LogP contribution in [0.3, 0.4) is 0 Å². The monoisotopic (exact) mass is 242 g/mol. The summed E-state index contributed by atoms with van der Waals surface area (Å²) >= 11 is 0. The van der Waals surface area contributed by atoms with Crippen molar-refractivity contribution in [1.29, 1.82) is 0 Å². The van der Waals surface area contributed by atoms with Crippen LogP contribution in [0.15, 0.2) is 0 Å². The third kappa shape index (κ3) is 2.37. The van der Waals surface area contributed by atoms with Gasteiger partial charge in [-0.15, -0.1) is 0 Å². The largest absolute Gasteiger partial charge is 0.308 e. The zero-order valence-corrected chi connectivity index (χ0v) is 11.6. The van der Waals surface area contributed by atoms with Gasteiger partial charge in [-0.25, -0.2) is 4.39 Å². The van der Waals surface area contributed by atoms with E-state index >= 15 is 0 Å². The molecule has 100 valence electrons. The molecule has 1 aliphatic carbocycles. The lowest BCUT2D eigenvalue weighted by Gasteiger charge is -2.53. The van der Waals surface area contributed by atoms with Crippen LogP contribution >= 0.6 is 0 Å². The van der Waals surface area contributed by atoms with Gasteiger partial charge in [0.1, 0.15) is 6.67 Å². The Bertz CT molecular complexity index is 261. The first kappa shape index (κ1) is 13.3. The molecule has 2 nitrogen and oxygen atoms in total. The van der Waals surface area contributed by atoms with Gasteiger partial charge in [0.2, 0.25) is 0 Å². The molecule has 0 aromatic heterocycles. The molecule has 1 N–H and O–H groups in total. The normalized spacial score (nSPS) is 33.9. The molecular weight excluding hydrogens is 215 g/mol. The Balaban J connectivity index is 2.12. The van der Waals surface area contributed by atoms with Gasteiger partial charge in [-0.3, -0.25) is 4.90 Å². The van der Waals surface area contributed by atoms with Crippen molar-refractivity contribution >= 4 is 0 Å². The fraction of sp³-hybridized carbons (Fsp3) is 1.00. The lowest BCUT2D eigenvalue weighted by Crippen LogP contribution is -2.69. The minimum absolute atomic E-state index is 0.194. The molecule has 0 aromatic carbocycles. The van der Waals surface area contributed by atoms with Crippen LogP contribution in [0.1, 0.15) is 46.5 Å². The van der Waals surface area contributed by atoms with Gasteiger partial charge in [0, 0.05) is 30.7 Å². The van der Waals surface area contributed by atoms with Gasteiger partial charge in [0.05, 0.1) is 0 Å². The highest BCUT2D eigenvalue weighted by Gasteiger charge is 2.50. The SMILES string of the molecule is CCC1(CC)CN(CCF)C(C)(C2CC2)CN1. The smallest absolute Gasteiger partial charge is 0.102 e. The highest BCUT2D eigenvalue weighted by atomic mass is 19.1. The summed E-state index contributed by atoms with van der Waals surface area (Å²) in [6, 6.07) is 0. The number of hydrogen-bond acceptors (Lipinski definition) is 2. The van der Waals surface area contributed by atoms with Crippen molar-refractivity contribution in [3.05, 3.63) is 0 Å². The lowest BCUT2D eigenvalue weighted by atomic mass is 9.82. The van der Waals surface area contributed by atoms with Crippen molar-refractivity contribution < 1.29 is 4.39 Å². The molecule has 0 amide bonds. The number of nitrogens with one attached hydrogen (secondary N) is 1. The summed E-state index contributed by atoms with van der Waals surface area (Å²) in [6.07, 6.45) is 4.92. The summed E-state index contributed by atoms with van der Waals surface area (Å²) in [4.78, 5) is 2.42. The zero-order chi connectivity index (χ0) is 12.5. The molecule has 2 aliphatic rings. The topological polar surface area (TPSA) is 15.3 Å². The minimum atomic E-state index is -0.216. The molecule has 2 fully saturated rings. The van der Waals surface area contributed by atoms with Crippen LogP contribution in [-0.4, -0.2) is 42.3 Å². The summed E-state index contributed by atoms with van der Waals surface area (Å²) in [6.45, 7) is 9.23. The van der Waals surface area contributed by atoms with Crippen LogP contribution in [0.2, 0.25) is 0 Å². The first-order valence-electron chi connectivity index (χ1n) is 7.16. The Morgan fingerprint density at radius 3 is 2.41 bits per heavy atom. The third-order valence-corrected chi connectivity index (χ3v) is 5.20. The van der Waals surface area contributed by atoms with Crippen molar-refractivity contribution in [3.63, 3.8) is 0 Å². The van der Waals surface area contributed by atoms with Crippen molar-refractivity contribution in [1.82, 2.24) is 10.2 Å². The molecule has 1 atom stereocenters. The van der Waals surface area contributed by atoms with E-state index in [2.05, 4.69) is 31.0 Å². The second kappa shape index (κ2) is 4.85. The fourth-order valence-corrected chi connectivity index (χ4v) is 3.35.